The van der Waals surface area contributed by atoms with Crippen molar-refractivity contribution >= 4 is 0 Å². The van der Waals surface area contributed by atoms with Crippen LogP contribution in [0.1, 0.15) is 55.2 Å². The second kappa shape index (κ2) is 5.07. The van der Waals surface area contributed by atoms with Crippen LogP contribution in [0, 0.1) is 26.2 Å². The van der Waals surface area contributed by atoms with E-state index in [1.807, 2.05) is 0 Å². The van der Waals surface area contributed by atoms with Crippen LogP contribution in [0.4, 0.5) is 0 Å². The molecule has 0 saturated heterocycles. The second-order valence-electron chi connectivity index (χ2n) is 6.88. The summed E-state index contributed by atoms with van der Waals surface area (Å²) in [6.45, 7) is 6.37. The Kier molecular flexibility index (Phi) is 3.53. The Morgan fingerprint density at radius 3 is 2.20 bits per heavy atom. The molecule has 20 heavy (non-hydrogen) atoms. The van der Waals surface area contributed by atoms with E-state index in [1.165, 1.54) is 36.0 Å². The van der Waals surface area contributed by atoms with Gasteiger partial charge in [0, 0.05) is 11.8 Å². The number of aryl methyl sites for hydroxylation is 3. The summed E-state index contributed by atoms with van der Waals surface area (Å²) in [7, 11) is 0. The van der Waals surface area contributed by atoms with E-state index >= 15 is 0 Å². The Labute approximate surface area is 122 Å². The Hall–Kier alpha value is -1.02. The molecular formula is C18H26O2. The fourth-order valence-electron chi connectivity index (χ4n) is 4.25. The monoisotopic (exact) mass is 274 g/mol. The summed E-state index contributed by atoms with van der Waals surface area (Å²) in [5.41, 5.74) is 3.76. The van der Waals surface area contributed by atoms with Crippen LogP contribution in [0.5, 0.6) is 5.75 Å². The predicted octanol–water partition coefficient (Wildman–Crippen LogP) is 4.07. The highest BCUT2D eigenvalue weighted by atomic mass is 16.5. The van der Waals surface area contributed by atoms with Gasteiger partial charge in [-0.05, 0) is 44.7 Å². The zero-order chi connectivity index (χ0) is 14.3. The van der Waals surface area contributed by atoms with Gasteiger partial charge in [0.05, 0.1) is 6.10 Å². The van der Waals surface area contributed by atoms with Gasteiger partial charge < -0.3 is 9.84 Å². The van der Waals surface area contributed by atoms with E-state index < -0.39 is 0 Å². The van der Waals surface area contributed by atoms with Gasteiger partial charge in [0.1, 0.15) is 11.9 Å². The van der Waals surface area contributed by atoms with Gasteiger partial charge in [-0.1, -0.05) is 37.0 Å². The molecule has 0 bridgehead atoms. The smallest absolute Gasteiger partial charge is 0.125 e. The maximum absolute atomic E-state index is 10.3. The minimum Gasteiger partial charge on any atom is -0.489 e. The highest BCUT2D eigenvalue weighted by Crippen LogP contribution is 2.53. The first-order valence-corrected chi connectivity index (χ1v) is 7.95. The van der Waals surface area contributed by atoms with Gasteiger partial charge in [-0.2, -0.15) is 0 Å². The number of aliphatic hydroxyl groups is 1. The van der Waals surface area contributed by atoms with Gasteiger partial charge in [0.2, 0.25) is 0 Å². The van der Waals surface area contributed by atoms with Crippen LogP contribution < -0.4 is 4.74 Å². The number of benzene rings is 1. The number of hydrogen-bond donors (Lipinski definition) is 1. The topological polar surface area (TPSA) is 29.5 Å². The minimum absolute atomic E-state index is 0.0437. The standard InChI is InChI=1S/C18H26O2/c1-12-9-13(2)17(14(3)10-12)20-16-11-15(19)18(16)7-5-4-6-8-18/h9-10,15-16,19H,4-8,11H2,1-3H3. The molecule has 0 aliphatic heterocycles. The molecule has 0 amide bonds. The van der Waals surface area contributed by atoms with Crippen LogP contribution in [0.15, 0.2) is 12.1 Å². The summed E-state index contributed by atoms with van der Waals surface area (Å²) in [6.07, 6.45) is 6.89. The van der Waals surface area contributed by atoms with E-state index in [9.17, 15) is 5.11 Å². The first-order chi connectivity index (χ1) is 9.53. The fraction of sp³-hybridized carbons (Fsp3) is 0.667. The Morgan fingerprint density at radius 2 is 1.65 bits per heavy atom. The average molecular weight is 274 g/mol. The van der Waals surface area contributed by atoms with Crippen molar-refractivity contribution in [3.8, 4) is 5.75 Å². The van der Waals surface area contributed by atoms with Crippen molar-refractivity contribution in [2.24, 2.45) is 5.41 Å². The summed E-state index contributed by atoms with van der Waals surface area (Å²) >= 11 is 0. The lowest BCUT2D eigenvalue weighted by Gasteiger charge is -2.55. The molecule has 2 atom stereocenters. The number of hydrogen-bond acceptors (Lipinski definition) is 2. The quantitative estimate of drug-likeness (QED) is 0.880. The first-order valence-electron chi connectivity index (χ1n) is 7.95. The van der Waals surface area contributed by atoms with Crippen molar-refractivity contribution < 1.29 is 9.84 Å². The highest BCUT2D eigenvalue weighted by molar-refractivity contribution is 5.43. The molecular weight excluding hydrogens is 248 g/mol. The van der Waals surface area contributed by atoms with Crippen molar-refractivity contribution in [2.75, 3.05) is 0 Å². The summed E-state index contributed by atoms with van der Waals surface area (Å²) in [5, 5.41) is 10.3. The van der Waals surface area contributed by atoms with Gasteiger partial charge in [-0.25, -0.2) is 0 Å². The molecule has 2 heteroatoms. The van der Waals surface area contributed by atoms with Crippen molar-refractivity contribution in [2.45, 2.75) is 71.5 Å². The second-order valence-corrected chi connectivity index (χ2v) is 6.88. The molecule has 2 aliphatic rings. The van der Waals surface area contributed by atoms with Crippen molar-refractivity contribution in [3.63, 3.8) is 0 Å². The molecule has 0 heterocycles. The zero-order valence-corrected chi connectivity index (χ0v) is 12.9. The lowest BCUT2D eigenvalue weighted by atomic mass is 9.56. The Balaban J connectivity index is 1.82. The molecule has 1 spiro atoms. The molecule has 2 nitrogen and oxygen atoms in total. The summed E-state index contributed by atoms with van der Waals surface area (Å²) < 4.78 is 6.37. The van der Waals surface area contributed by atoms with Crippen molar-refractivity contribution in [3.05, 3.63) is 28.8 Å². The number of aliphatic hydroxyl groups excluding tert-OH is 1. The average Bonchev–Trinajstić information content (AvgIpc) is 2.42. The van der Waals surface area contributed by atoms with Gasteiger partial charge in [0.15, 0.2) is 0 Å². The molecule has 2 saturated carbocycles. The SMILES string of the molecule is Cc1cc(C)c(OC2CC(O)C23CCCCC3)c(C)c1. The molecule has 0 radical (unpaired) electrons. The third-order valence-corrected chi connectivity index (χ3v) is 5.39. The van der Waals surface area contributed by atoms with Gasteiger partial charge in [-0.15, -0.1) is 0 Å². The third-order valence-electron chi connectivity index (χ3n) is 5.39. The molecule has 1 aromatic rings. The number of ether oxygens (including phenoxy) is 1. The van der Waals surface area contributed by atoms with Gasteiger partial charge in [-0.3, -0.25) is 0 Å². The minimum atomic E-state index is -0.154. The summed E-state index contributed by atoms with van der Waals surface area (Å²) in [5.74, 6) is 1.04. The summed E-state index contributed by atoms with van der Waals surface area (Å²) in [6, 6.07) is 4.37. The first kappa shape index (κ1) is 13.9. The van der Waals surface area contributed by atoms with Crippen molar-refractivity contribution in [1.29, 1.82) is 0 Å². The van der Waals surface area contributed by atoms with E-state index in [-0.39, 0.29) is 17.6 Å². The largest absolute Gasteiger partial charge is 0.489 e. The lowest BCUT2D eigenvalue weighted by Crippen LogP contribution is -2.60. The molecule has 2 unspecified atom stereocenters. The van der Waals surface area contributed by atoms with Gasteiger partial charge in [0.25, 0.3) is 0 Å². The number of rotatable bonds is 2. The van der Waals surface area contributed by atoms with E-state index in [2.05, 4.69) is 32.9 Å². The van der Waals surface area contributed by atoms with Crippen LogP contribution in [0.25, 0.3) is 0 Å². The maximum Gasteiger partial charge on any atom is 0.125 e. The molecule has 1 aromatic carbocycles. The fourth-order valence-corrected chi connectivity index (χ4v) is 4.25. The predicted molar refractivity (Wildman–Crippen MR) is 81.2 cm³/mol. The van der Waals surface area contributed by atoms with Crippen LogP contribution >= 0.6 is 0 Å². The molecule has 110 valence electrons. The maximum atomic E-state index is 10.3. The molecule has 0 aromatic heterocycles. The Bertz CT molecular complexity index is 477. The van der Waals surface area contributed by atoms with Crippen LogP contribution in [-0.4, -0.2) is 17.3 Å². The van der Waals surface area contributed by atoms with Crippen LogP contribution in [0.2, 0.25) is 0 Å². The summed E-state index contributed by atoms with van der Waals surface area (Å²) in [4.78, 5) is 0. The van der Waals surface area contributed by atoms with E-state index in [4.69, 9.17) is 4.74 Å². The molecule has 2 aliphatic carbocycles. The normalized spacial score (nSPS) is 28.2. The van der Waals surface area contributed by atoms with E-state index in [0.29, 0.717) is 0 Å². The molecule has 1 N–H and O–H groups in total. The lowest BCUT2D eigenvalue weighted by molar-refractivity contribution is -0.172. The van der Waals surface area contributed by atoms with Gasteiger partial charge >= 0.3 is 0 Å². The van der Waals surface area contributed by atoms with Crippen LogP contribution in [-0.2, 0) is 0 Å². The van der Waals surface area contributed by atoms with E-state index in [1.54, 1.807) is 0 Å². The third kappa shape index (κ3) is 2.14. The Morgan fingerprint density at radius 1 is 1.05 bits per heavy atom. The molecule has 2 fully saturated rings. The van der Waals surface area contributed by atoms with Crippen molar-refractivity contribution in [1.82, 2.24) is 0 Å². The highest BCUT2D eigenvalue weighted by Gasteiger charge is 2.56. The molecule has 3 rings (SSSR count). The van der Waals surface area contributed by atoms with E-state index in [0.717, 1.165) is 25.0 Å². The van der Waals surface area contributed by atoms with Crippen LogP contribution in [0.3, 0.4) is 0 Å². The zero-order valence-electron chi connectivity index (χ0n) is 12.9.